The van der Waals surface area contributed by atoms with Crippen LogP contribution in [0.25, 0.3) is 0 Å². The Balaban J connectivity index is 4.59. The molecule has 13 heavy (non-hydrogen) atoms. The Morgan fingerprint density at radius 1 is 1.46 bits per heavy atom. The van der Waals surface area contributed by atoms with Gasteiger partial charge < -0.3 is 5.11 Å². The van der Waals surface area contributed by atoms with Gasteiger partial charge >= 0.3 is 5.97 Å². The van der Waals surface area contributed by atoms with Crippen LogP contribution in [0.5, 0.6) is 0 Å². The zero-order valence-electron chi connectivity index (χ0n) is 8.53. The van der Waals surface area contributed by atoms with Crippen molar-refractivity contribution in [3.63, 3.8) is 0 Å². The van der Waals surface area contributed by atoms with E-state index >= 15 is 0 Å². The molecule has 0 amide bonds. The molecule has 0 aliphatic carbocycles. The third kappa shape index (κ3) is 5.00. The number of hydrogen-bond donors (Lipinski definition) is 1. The molecule has 0 atom stereocenters. The number of carboxylic acid groups (broad SMARTS) is 1. The Kier molecular flexibility index (Phi) is 4.80. The SMILES string of the molecule is CCN(N=C(C)C)C(C)=CC(=O)O. The van der Waals surface area contributed by atoms with Crippen molar-refractivity contribution in [1.29, 1.82) is 0 Å². The summed E-state index contributed by atoms with van der Waals surface area (Å²) >= 11 is 0. The van der Waals surface area contributed by atoms with Crippen LogP contribution in [0, 0.1) is 0 Å². The summed E-state index contributed by atoms with van der Waals surface area (Å²) in [7, 11) is 0. The smallest absolute Gasteiger partial charge is 0.330 e. The molecular weight excluding hydrogens is 168 g/mol. The maximum absolute atomic E-state index is 10.4. The molecule has 0 aromatic carbocycles. The molecule has 4 heteroatoms. The first kappa shape index (κ1) is 11.7. The maximum Gasteiger partial charge on any atom is 0.330 e. The van der Waals surface area contributed by atoms with Crippen molar-refractivity contribution in [3.05, 3.63) is 11.8 Å². The van der Waals surface area contributed by atoms with Crippen molar-refractivity contribution in [2.45, 2.75) is 27.7 Å². The molecule has 0 saturated carbocycles. The van der Waals surface area contributed by atoms with Gasteiger partial charge in [-0.15, -0.1) is 0 Å². The molecule has 0 spiro atoms. The van der Waals surface area contributed by atoms with Crippen molar-refractivity contribution in [3.8, 4) is 0 Å². The molecule has 4 nitrogen and oxygen atoms in total. The third-order valence-corrected chi connectivity index (χ3v) is 1.36. The minimum absolute atomic E-state index is 0.635. The van der Waals surface area contributed by atoms with Gasteiger partial charge in [0, 0.05) is 24.0 Å². The summed E-state index contributed by atoms with van der Waals surface area (Å²) in [6.07, 6.45) is 1.15. The highest BCUT2D eigenvalue weighted by atomic mass is 16.4. The average molecular weight is 184 g/mol. The summed E-state index contributed by atoms with van der Waals surface area (Å²) in [5.74, 6) is -0.945. The quantitative estimate of drug-likeness (QED) is 0.411. The highest BCUT2D eigenvalue weighted by Crippen LogP contribution is 2.03. The number of allylic oxidation sites excluding steroid dienone is 1. The number of hydrazone groups is 1. The predicted molar refractivity (Wildman–Crippen MR) is 52.6 cm³/mol. The largest absolute Gasteiger partial charge is 0.478 e. The zero-order chi connectivity index (χ0) is 10.4. The molecule has 74 valence electrons. The van der Waals surface area contributed by atoms with E-state index in [1.54, 1.807) is 11.9 Å². The van der Waals surface area contributed by atoms with Gasteiger partial charge in [-0.3, -0.25) is 5.01 Å². The predicted octanol–water partition coefficient (Wildman–Crippen LogP) is 1.69. The molecule has 0 radical (unpaired) electrons. The second-order valence-corrected chi connectivity index (χ2v) is 2.89. The van der Waals surface area contributed by atoms with Crippen molar-refractivity contribution in [1.82, 2.24) is 5.01 Å². The van der Waals surface area contributed by atoms with E-state index < -0.39 is 5.97 Å². The van der Waals surface area contributed by atoms with E-state index in [1.165, 1.54) is 0 Å². The van der Waals surface area contributed by atoms with Crippen LogP contribution < -0.4 is 0 Å². The summed E-state index contributed by atoms with van der Waals surface area (Å²) in [5, 5.41) is 14.3. The topological polar surface area (TPSA) is 52.9 Å². The zero-order valence-corrected chi connectivity index (χ0v) is 8.53. The van der Waals surface area contributed by atoms with Crippen LogP contribution >= 0.6 is 0 Å². The van der Waals surface area contributed by atoms with Gasteiger partial charge in [-0.05, 0) is 27.7 Å². The van der Waals surface area contributed by atoms with Gasteiger partial charge in [-0.2, -0.15) is 5.10 Å². The second-order valence-electron chi connectivity index (χ2n) is 2.89. The van der Waals surface area contributed by atoms with Crippen molar-refractivity contribution < 1.29 is 9.90 Å². The number of rotatable bonds is 4. The van der Waals surface area contributed by atoms with Crippen LogP contribution in [0.2, 0.25) is 0 Å². The van der Waals surface area contributed by atoms with Crippen LogP contribution in [0.1, 0.15) is 27.7 Å². The second kappa shape index (κ2) is 5.35. The number of nitrogens with zero attached hydrogens (tertiary/aromatic N) is 2. The van der Waals surface area contributed by atoms with Gasteiger partial charge in [0.15, 0.2) is 0 Å². The summed E-state index contributed by atoms with van der Waals surface area (Å²) in [6, 6.07) is 0. The Labute approximate surface area is 78.6 Å². The monoisotopic (exact) mass is 184 g/mol. The molecule has 0 unspecified atom stereocenters. The minimum Gasteiger partial charge on any atom is -0.478 e. The average Bonchev–Trinajstić information content (AvgIpc) is 1.98. The van der Waals surface area contributed by atoms with Gasteiger partial charge in [0.25, 0.3) is 0 Å². The molecule has 0 heterocycles. The number of carboxylic acids is 1. The van der Waals surface area contributed by atoms with E-state index in [0.717, 1.165) is 11.8 Å². The van der Waals surface area contributed by atoms with E-state index in [0.29, 0.717) is 12.2 Å². The van der Waals surface area contributed by atoms with E-state index in [-0.39, 0.29) is 0 Å². The van der Waals surface area contributed by atoms with Gasteiger partial charge in [-0.25, -0.2) is 4.79 Å². The lowest BCUT2D eigenvalue weighted by Gasteiger charge is -2.17. The van der Waals surface area contributed by atoms with Crippen LogP contribution in [-0.4, -0.2) is 28.3 Å². The van der Waals surface area contributed by atoms with Crippen LogP contribution in [0.3, 0.4) is 0 Å². The van der Waals surface area contributed by atoms with E-state index in [1.807, 2.05) is 20.8 Å². The highest BCUT2D eigenvalue weighted by Gasteiger charge is 2.02. The lowest BCUT2D eigenvalue weighted by Crippen LogP contribution is -2.16. The number of hydrogen-bond acceptors (Lipinski definition) is 3. The van der Waals surface area contributed by atoms with Gasteiger partial charge in [0.2, 0.25) is 0 Å². The standard InChI is InChI=1S/C9H16N2O2/c1-5-11(10-7(2)3)8(4)6-9(12)13/h6H,5H2,1-4H3,(H,12,13). The van der Waals surface area contributed by atoms with Crippen LogP contribution in [-0.2, 0) is 4.79 Å². The van der Waals surface area contributed by atoms with Crippen molar-refractivity contribution in [2.24, 2.45) is 5.10 Å². The molecule has 0 fully saturated rings. The van der Waals surface area contributed by atoms with E-state index in [2.05, 4.69) is 5.10 Å². The summed E-state index contributed by atoms with van der Waals surface area (Å²) in [6.45, 7) is 8.06. The Morgan fingerprint density at radius 2 is 2.00 bits per heavy atom. The number of aliphatic carboxylic acids is 1. The van der Waals surface area contributed by atoms with Crippen LogP contribution in [0.4, 0.5) is 0 Å². The summed E-state index contributed by atoms with van der Waals surface area (Å²) in [4.78, 5) is 10.4. The Bertz CT molecular complexity index is 240. The van der Waals surface area contributed by atoms with Crippen LogP contribution in [0.15, 0.2) is 16.9 Å². The third-order valence-electron chi connectivity index (χ3n) is 1.36. The van der Waals surface area contributed by atoms with Gasteiger partial charge in [-0.1, -0.05) is 0 Å². The molecule has 1 N–H and O–H groups in total. The molecule has 0 aliphatic heterocycles. The normalized spacial score (nSPS) is 10.9. The van der Waals surface area contributed by atoms with Gasteiger partial charge in [0.1, 0.15) is 0 Å². The highest BCUT2D eigenvalue weighted by molar-refractivity contribution is 5.81. The number of carbonyl (C=O) groups is 1. The van der Waals surface area contributed by atoms with E-state index in [4.69, 9.17) is 5.11 Å². The molecule has 0 aromatic rings. The molecule has 0 bridgehead atoms. The molecular formula is C9H16N2O2. The fourth-order valence-corrected chi connectivity index (χ4v) is 0.894. The van der Waals surface area contributed by atoms with Crippen molar-refractivity contribution >= 4 is 11.7 Å². The maximum atomic E-state index is 10.4. The van der Waals surface area contributed by atoms with E-state index in [9.17, 15) is 4.79 Å². The molecule has 0 rings (SSSR count). The fraction of sp³-hybridized carbons (Fsp3) is 0.556. The summed E-state index contributed by atoms with van der Waals surface area (Å²) in [5.41, 5.74) is 1.54. The lowest BCUT2D eigenvalue weighted by molar-refractivity contribution is -0.131. The minimum atomic E-state index is -0.945. The molecule has 0 saturated heterocycles. The molecule has 0 aliphatic rings. The van der Waals surface area contributed by atoms with Crippen molar-refractivity contribution in [2.75, 3.05) is 6.54 Å². The summed E-state index contributed by atoms with van der Waals surface area (Å²) < 4.78 is 0. The first-order valence-electron chi connectivity index (χ1n) is 4.18. The Morgan fingerprint density at radius 3 is 2.31 bits per heavy atom. The first-order valence-corrected chi connectivity index (χ1v) is 4.18. The fourth-order valence-electron chi connectivity index (χ4n) is 0.894. The van der Waals surface area contributed by atoms with Gasteiger partial charge in [0.05, 0.1) is 0 Å². The molecule has 0 aromatic heterocycles. The first-order chi connectivity index (χ1) is 5.97. The lowest BCUT2D eigenvalue weighted by atomic mass is 10.4. The Hall–Kier alpha value is -1.32.